The van der Waals surface area contributed by atoms with Gasteiger partial charge in [0.1, 0.15) is 14.0 Å². The SMILES string of the molecule is COc1ccc2c(c1)C(C)(C)C1=CC3C(c4ccccc4)CC([Si](C)(C)N(C(C)(C)C)C(C)(C)C)C3C=C12. The van der Waals surface area contributed by atoms with Crippen molar-refractivity contribution in [3.05, 3.63) is 82.9 Å². The zero-order valence-electron chi connectivity index (χ0n) is 25.6. The maximum absolute atomic E-state index is 5.65. The molecule has 0 aromatic heterocycles. The first kappa shape index (κ1) is 27.5. The van der Waals surface area contributed by atoms with Crippen LogP contribution in [0.3, 0.4) is 0 Å². The molecule has 0 aliphatic heterocycles. The van der Waals surface area contributed by atoms with Crippen molar-refractivity contribution in [1.82, 2.24) is 4.57 Å². The third-order valence-electron chi connectivity index (χ3n) is 9.81. The molecule has 0 spiro atoms. The number of ether oxygens (including phenoxy) is 1. The molecule has 38 heavy (non-hydrogen) atoms. The van der Waals surface area contributed by atoms with Crippen LogP contribution in [0.25, 0.3) is 5.57 Å². The van der Waals surface area contributed by atoms with E-state index in [9.17, 15) is 0 Å². The summed E-state index contributed by atoms with van der Waals surface area (Å²) in [5, 5.41) is 0. The molecule has 0 heterocycles. The van der Waals surface area contributed by atoms with Gasteiger partial charge in [0.15, 0.2) is 0 Å². The predicted molar refractivity (Wildman–Crippen MR) is 165 cm³/mol. The van der Waals surface area contributed by atoms with Crippen LogP contribution < -0.4 is 4.74 Å². The Morgan fingerprint density at radius 2 is 1.50 bits per heavy atom. The molecule has 2 aromatic carbocycles. The molecule has 4 atom stereocenters. The second-order valence-corrected chi connectivity index (χ2v) is 19.5. The van der Waals surface area contributed by atoms with E-state index in [0.29, 0.717) is 23.3 Å². The molecule has 3 aliphatic carbocycles. The highest BCUT2D eigenvalue weighted by molar-refractivity contribution is 6.76. The van der Waals surface area contributed by atoms with Gasteiger partial charge in [0.05, 0.1) is 7.11 Å². The minimum Gasteiger partial charge on any atom is -0.497 e. The lowest BCUT2D eigenvalue weighted by atomic mass is 9.73. The van der Waals surface area contributed by atoms with Gasteiger partial charge in [-0.25, -0.2) is 0 Å². The Morgan fingerprint density at radius 1 is 0.868 bits per heavy atom. The average Bonchev–Trinajstić information content (AvgIpc) is 3.30. The lowest BCUT2D eigenvalue weighted by molar-refractivity contribution is 0.122. The van der Waals surface area contributed by atoms with Crippen LogP contribution in [0.5, 0.6) is 5.75 Å². The Labute approximate surface area is 233 Å². The molecule has 3 aliphatic rings. The molecule has 0 bridgehead atoms. The van der Waals surface area contributed by atoms with Gasteiger partial charge in [0.2, 0.25) is 0 Å². The van der Waals surface area contributed by atoms with Gasteiger partial charge in [0.25, 0.3) is 0 Å². The lowest BCUT2D eigenvalue weighted by Gasteiger charge is -2.57. The number of fused-ring (bicyclic) bond motifs is 4. The van der Waals surface area contributed by atoms with Gasteiger partial charge >= 0.3 is 0 Å². The average molecular weight is 528 g/mol. The molecule has 0 saturated heterocycles. The monoisotopic (exact) mass is 527 g/mol. The third-order valence-corrected chi connectivity index (χ3v) is 14.7. The van der Waals surface area contributed by atoms with Gasteiger partial charge in [-0.2, -0.15) is 0 Å². The maximum atomic E-state index is 5.65. The van der Waals surface area contributed by atoms with E-state index in [2.05, 4.69) is 134 Å². The summed E-state index contributed by atoms with van der Waals surface area (Å²) in [6, 6.07) is 18.1. The molecule has 4 unspecified atom stereocenters. The number of nitrogens with zero attached hydrogens (tertiary/aromatic N) is 1. The summed E-state index contributed by atoms with van der Waals surface area (Å²) in [5.74, 6) is 2.59. The van der Waals surface area contributed by atoms with Crippen LogP contribution in [0, 0.1) is 11.8 Å². The van der Waals surface area contributed by atoms with Crippen LogP contribution in [0.4, 0.5) is 0 Å². The molecular formula is C35H49NOSi. The molecule has 5 rings (SSSR count). The fourth-order valence-electron chi connectivity index (χ4n) is 9.19. The van der Waals surface area contributed by atoms with Crippen LogP contribution in [-0.2, 0) is 5.41 Å². The van der Waals surface area contributed by atoms with Crippen molar-refractivity contribution in [3.8, 4) is 5.75 Å². The van der Waals surface area contributed by atoms with Gasteiger partial charge < -0.3 is 9.30 Å². The van der Waals surface area contributed by atoms with Crippen LogP contribution in [0.2, 0.25) is 18.6 Å². The minimum atomic E-state index is -1.90. The Hall–Kier alpha value is -2.10. The summed E-state index contributed by atoms with van der Waals surface area (Å²) >= 11 is 0. The summed E-state index contributed by atoms with van der Waals surface area (Å²) in [6.45, 7) is 24.7. The first-order chi connectivity index (χ1) is 17.6. The van der Waals surface area contributed by atoms with Crippen LogP contribution >= 0.6 is 0 Å². The fraction of sp³-hybridized carbons (Fsp3) is 0.543. The molecular weight excluding hydrogens is 478 g/mol. The fourth-order valence-corrected chi connectivity index (χ4v) is 15.1. The van der Waals surface area contributed by atoms with Crippen molar-refractivity contribution in [3.63, 3.8) is 0 Å². The van der Waals surface area contributed by atoms with E-state index in [1.807, 2.05) is 0 Å². The molecule has 1 saturated carbocycles. The lowest BCUT2D eigenvalue weighted by Crippen LogP contribution is -2.67. The smallest absolute Gasteiger partial charge is 0.127 e. The van der Waals surface area contributed by atoms with Gasteiger partial charge in [-0.3, -0.25) is 0 Å². The van der Waals surface area contributed by atoms with Crippen molar-refractivity contribution in [1.29, 1.82) is 0 Å². The van der Waals surface area contributed by atoms with E-state index in [0.717, 1.165) is 5.75 Å². The van der Waals surface area contributed by atoms with E-state index in [-0.39, 0.29) is 16.5 Å². The highest BCUT2D eigenvalue weighted by atomic mass is 28.3. The first-order valence-electron chi connectivity index (χ1n) is 14.6. The molecule has 0 radical (unpaired) electrons. The number of allylic oxidation sites excluding steroid dienone is 4. The van der Waals surface area contributed by atoms with Crippen molar-refractivity contribution in [2.75, 3.05) is 7.11 Å². The molecule has 2 nitrogen and oxygen atoms in total. The Bertz CT molecular complexity index is 1260. The van der Waals surface area contributed by atoms with Gasteiger partial charge in [-0.15, -0.1) is 0 Å². The summed E-state index contributed by atoms with van der Waals surface area (Å²) in [5.41, 5.74) is 8.22. The summed E-state index contributed by atoms with van der Waals surface area (Å²) in [7, 11) is -0.125. The second kappa shape index (κ2) is 8.96. The van der Waals surface area contributed by atoms with Crippen molar-refractivity contribution in [2.45, 2.75) is 103 Å². The van der Waals surface area contributed by atoms with E-state index < -0.39 is 8.24 Å². The number of hydrogen-bond donors (Lipinski definition) is 0. The van der Waals surface area contributed by atoms with Crippen LogP contribution in [-0.4, -0.2) is 31.0 Å². The highest BCUT2D eigenvalue weighted by Gasteiger charge is 2.56. The summed E-state index contributed by atoms with van der Waals surface area (Å²) in [4.78, 5) is 0. The molecule has 0 amide bonds. The third kappa shape index (κ3) is 4.25. The number of rotatable bonds is 4. The quantitative estimate of drug-likeness (QED) is 0.367. The van der Waals surface area contributed by atoms with Crippen LogP contribution in [0.15, 0.2) is 66.3 Å². The molecule has 3 heteroatoms. The summed E-state index contributed by atoms with van der Waals surface area (Å²) in [6.07, 6.45) is 6.71. The zero-order chi connectivity index (χ0) is 27.8. The standard InChI is InChI=1S/C35H49NOSi/c1-33(2,3)36(34(4,5)6)38(10,11)32-22-26(23-15-13-12-14-16-23)27-21-31-28(20-29(27)32)25-18-17-24(37-9)19-30(25)35(31,7)8/h12-21,26-27,29,32H,22H2,1-11H3. The van der Waals surface area contributed by atoms with E-state index >= 15 is 0 Å². The van der Waals surface area contributed by atoms with E-state index in [1.165, 1.54) is 34.3 Å². The maximum Gasteiger partial charge on any atom is 0.127 e. The van der Waals surface area contributed by atoms with Crippen molar-refractivity contribution in [2.24, 2.45) is 11.8 Å². The second-order valence-electron chi connectivity index (χ2n) is 15.0. The Balaban J connectivity index is 1.68. The molecule has 1 fully saturated rings. The minimum absolute atomic E-state index is 0.0181. The molecule has 0 N–H and O–H groups in total. The number of benzene rings is 2. The van der Waals surface area contributed by atoms with Gasteiger partial charge in [0, 0.05) is 16.5 Å². The predicted octanol–water partition coefficient (Wildman–Crippen LogP) is 9.20. The molecule has 2 aromatic rings. The van der Waals surface area contributed by atoms with Gasteiger partial charge in [-0.05, 0) is 111 Å². The number of methoxy groups -OCH3 is 1. The topological polar surface area (TPSA) is 12.5 Å². The normalized spacial score (nSPS) is 26.4. The molecule has 204 valence electrons. The highest BCUT2D eigenvalue weighted by Crippen LogP contribution is 2.63. The number of hydrogen-bond acceptors (Lipinski definition) is 2. The zero-order valence-corrected chi connectivity index (χ0v) is 26.6. The summed E-state index contributed by atoms with van der Waals surface area (Å²) < 4.78 is 8.59. The van der Waals surface area contributed by atoms with Crippen molar-refractivity contribution < 1.29 is 4.74 Å². The van der Waals surface area contributed by atoms with Crippen LogP contribution in [0.1, 0.15) is 84.4 Å². The van der Waals surface area contributed by atoms with E-state index in [1.54, 1.807) is 7.11 Å². The Kier molecular flexibility index (Phi) is 6.48. The largest absolute Gasteiger partial charge is 0.497 e. The van der Waals surface area contributed by atoms with Crippen molar-refractivity contribution >= 4 is 13.8 Å². The Morgan fingerprint density at radius 3 is 2.08 bits per heavy atom. The first-order valence-corrected chi connectivity index (χ1v) is 17.6. The van der Waals surface area contributed by atoms with E-state index in [4.69, 9.17) is 4.74 Å². The van der Waals surface area contributed by atoms with Gasteiger partial charge in [-0.1, -0.05) is 75.5 Å².